The highest BCUT2D eigenvalue weighted by molar-refractivity contribution is 5.76. The van der Waals surface area contributed by atoms with Crippen LogP contribution in [0.15, 0.2) is 0 Å². The van der Waals surface area contributed by atoms with Gasteiger partial charge in [-0.05, 0) is 51.4 Å². The predicted octanol–water partition coefficient (Wildman–Crippen LogP) is 5.35. The minimum Gasteiger partial charge on any atom is -0.458 e. The van der Waals surface area contributed by atoms with E-state index in [1.807, 2.05) is 13.8 Å². The van der Waals surface area contributed by atoms with Crippen molar-refractivity contribution < 1.29 is 9.53 Å². The highest BCUT2D eigenvalue weighted by atomic mass is 16.6. The van der Waals surface area contributed by atoms with Crippen molar-refractivity contribution in [3.05, 3.63) is 0 Å². The topological polar surface area (TPSA) is 26.3 Å². The standard InChI is InChI=1S/C19H34O2/c1-6-18(4,5)17(20)21-19(14(2)3)13-9-12-16(19)15-10-7-8-11-15/h14-16H,6-13H2,1-5H3. The fourth-order valence-corrected chi connectivity index (χ4v) is 4.44. The molecule has 2 aliphatic carbocycles. The lowest BCUT2D eigenvalue weighted by atomic mass is 9.73. The minimum absolute atomic E-state index is 0.0172. The Balaban J connectivity index is 2.21. The molecular formula is C19H34O2. The highest BCUT2D eigenvalue weighted by Crippen LogP contribution is 2.52. The summed E-state index contributed by atoms with van der Waals surface area (Å²) >= 11 is 0. The van der Waals surface area contributed by atoms with Crippen LogP contribution in [0.25, 0.3) is 0 Å². The van der Waals surface area contributed by atoms with Crippen molar-refractivity contribution in [3.63, 3.8) is 0 Å². The van der Waals surface area contributed by atoms with Crippen molar-refractivity contribution in [3.8, 4) is 0 Å². The first-order valence-electron chi connectivity index (χ1n) is 9.07. The van der Waals surface area contributed by atoms with Gasteiger partial charge in [-0.25, -0.2) is 0 Å². The molecule has 2 atom stereocenters. The number of hydrogen-bond acceptors (Lipinski definition) is 2. The molecule has 0 saturated heterocycles. The van der Waals surface area contributed by atoms with Crippen LogP contribution in [-0.4, -0.2) is 11.6 Å². The summed E-state index contributed by atoms with van der Waals surface area (Å²) in [6.45, 7) is 10.6. The van der Waals surface area contributed by atoms with Gasteiger partial charge in [0.25, 0.3) is 0 Å². The molecule has 122 valence electrons. The summed E-state index contributed by atoms with van der Waals surface area (Å²) in [5, 5.41) is 0. The van der Waals surface area contributed by atoms with Gasteiger partial charge in [-0.15, -0.1) is 0 Å². The first kappa shape index (κ1) is 16.8. The first-order chi connectivity index (χ1) is 9.83. The van der Waals surface area contributed by atoms with Crippen LogP contribution in [0.3, 0.4) is 0 Å². The quantitative estimate of drug-likeness (QED) is 0.639. The van der Waals surface area contributed by atoms with Crippen LogP contribution in [0.5, 0.6) is 0 Å². The van der Waals surface area contributed by atoms with Gasteiger partial charge in [0.05, 0.1) is 5.41 Å². The van der Waals surface area contributed by atoms with E-state index in [0.717, 1.165) is 18.8 Å². The lowest BCUT2D eigenvalue weighted by molar-refractivity contribution is -0.184. The van der Waals surface area contributed by atoms with Gasteiger partial charge >= 0.3 is 5.97 Å². The third-order valence-corrected chi connectivity index (χ3v) is 6.38. The Hall–Kier alpha value is -0.530. The van der Waals surface area contributed by atoms with Gasteiger partial charge in [0.15, 0.2) is 0 Å². The van der Waals surface area contributed by atoms with Crippen molar-refractivity contribution in [2.24, 2.45) is 23.2 Å². The van der Waals surface area contributed by atoms with Gasteiger partial charge in [-0.1, -0.05) is 46.5 Å². The van der Waals surface area contributed by atoms with Gasteiger partial charge in [0.2, 0.25) is 0 Å². The van der Waals surface area contributed by atoms with Crippen LogP contribution >= 0.6 is 0 Å². The molecule has 0 radical (unpaired) electrons. The molecule has 2 heteroatoms. The maximum Gasteiger partial charge on any atom is 0.312 e. The van der Waals surface area contributed by atoms with Gasteiger partial charge in [0, 0.05) is 5.92 Å². The summed E-state index contributed by atoms with van der Waals surface area (Å²) in [6, 6.07) is 0. The van der Waals surface area contributed by atoms with Crippen molar-refractivity contribution in [2.75, 3.05) is 0 Å². The molecule has 0 aromatic carbocycles. The van der Waals surface area contributed by atoms with E-state index in [0.29, 0.717) is 11.8 Å². The van der Waals surface area contributed by atoms with Crippen molar-refractivity contribution in [1.82, 2.24) is 0 Å². The molecule has 2 rings (SSSR count). The predicted molar refractivity (Wildman–Crippen MR) is 87.0 cm³/mol. The van der Waals surface area contributed by atoms with Gasteiger partial charge in [0.1, 0.15) is 5.60 Å². The molecule has 2 aliphatic rings. The molecule has 2 nitrogen and oxygen atoms in total. The third-order valence-electron chi connectivity index (χ3n) is 6.38. The van der Waals surface area contributed by atoms with Gasteiger partial charge in [-0.3, -0.25) is 4.79 Å². The Labute approximate surface area is 131 Å². The molecule has 0 bridgehead atoms. The second kappa shape index (κ2) is 6.30. The Kier molecular flexibility index (Phi) is 5.05. The van der Waals surface area contributed by atoms with Crippen LogP contribution in [0.2, 0.25) is 0 Å². The third kappa shape index (κ3) is 3.14. The maximum atomic E-state index is 12.7. The lowest BCUT2D eigenvalue weighted by Gasteiger charge is -2.43. The van der Waals surface area contributed by atoms with Crippen LogP contribution in [0.4, 0.5) is 0 Å². The minimum atomic E-state index is -0.356. The smallest absolute Gasteiger partial charge is 0.312 e. The summed E-state index contributed by atoms with van der Waals surface area (Å²) in [7, 11) is 0. The Morgan fingerprint density at radius 1 is 1.19 bits per heavy atom. The summed E-state index contributed by atoms with van der Waals surface area (Å²) in [4.78, 5) is 12.7. The first-order valence-corrected chi connectivity index (χ1v) is 9.07. The fourth-order valence-electron chi connectivity index (χ4n) is 4.44. The molecule has 0 heterocycles. The number of hydrogen-bond donors (Lipinski definition) is 0. The second-order valence-corrected chi connectivity index (χ2v) is 8.28. The Morgan fingerprint density at radius 2 is 1.81 bits per heavy atom. The number of esters is 1. The SMILES string of the molecule is CCC(C)(C)C(=O)OC1(C(C)C)CCCC1C1CCCC1. The number of carbonyl (C=O) groups is 1. The Bertz CT molecular complexity index is 366. The van der Waals surface area contributed by atoms with E-state index in [-0.39, 0.29) is 17.0 Å². The molecule has 0 amide bonds. The average Bonchev–Trinajstić information content (AvgIpc) is 3.07. The van der Waals surface area contributed by atoms with Crippen LogP contribution in [-0.2, 0) is 9.53 Å². The zero-order chi connectivity index (χ0) is 15.7. The molecule has 0 N–H and O–H groups in total. The lowest BCUT2D eigenvalue weighted by Crippen LogP contribution is -2.48. The van der Waals surface area contributed by atoms with Gasteiger partial charge < -0.3 is 4.74 Å². The molecular weight excluding hydrogens is 260 g/mol. The highest BCUT2D eigenvalue weighted by Gasteiger charge is 2.52. The number of ether oxygens (including phenoxy) is 1. The van der Waals surface area contributed by atoms with Gasteiger partial charge in [-0.2, -0.15) is 0 Å². The van der Waals surface area contributed by atoms with Crippen LogP contribution < -0.4 is 0 Å². The average molecular weight is 294 g/mol. The molecule has 21 heavy (non-hydrogen) atoms. The number of carbonyl (C=O) groups excluding carboxylic acids is 1. The fraction of sp³-hybridized carbons (Fsp3) is 0.947. The van der Waals surface area contributed by atoms with E-state index in [2.05, 4.69) is 20.8 Å². The normalized spacial score (nSPS) is 31.0. The second-order valence-electron chi connectivity index (χ2n) is 8.28. The zero-order valence-electron chi connectivity index (χ0n) is 14.7. The van der Waals surface area contributed by atoms with Crippen LogP contribution in [0.1, 0.15) is 86.0 Å². The molecule has 2 unspecified atom stereocenters. The van der Waals surface area contributed by atoms with E-state index in [1.165, 1.54) is 38.5 Å². The number of rotatable bonds is 5. The van der Waals surface area contributed by atoms with Crippen molar-refractivity contribution in [1.29, 1.82) is 0 Å². The van der Waals surface area contributed by atoms with Crippen molar-refractivity contribution >= 4 is 5.97 Å². The molecule has 0 aromatic heterocycles. The molecule has 0 aliphatic heterocycles. The Morgan fingerprint density at radius 3 is 2.33 bits per heavy atom. The molecule has 0 aromatic rings. The zero-order valence-corrected chi connectivity index (χ0v) is 14.7. The van der Waals surface area contributed by atoms with E-state index in [9.17, 15) is 4.79 Å². The van der Waals surface area contributed by atoms with Crippen molar-refractivity contribution in [2.45, 2.75) is 91.6 Å². The largest absolute Gasteiger partial charge is 0.458 e. The summed E-state index contributed by atoms with van der Waals surface area (Å²) in [5.41, 5.74) is -0.552. The van der Waals surface area contributed by atoms with E-state index >= 15 is 0 Å². The molecule has 2 saturated carbocycles. The molecule has 2 fully saturated rings. The summed E-state index contributed by atoms with van der Waals surface area (Å²) in [6.07, 6.45) is 9.79. The summed E-state index contributed by atoms with van der Waals surface area (Å²) < 4.78 is 6.30. The summed E-state index contributed by atoms with van der Waals surface area (Å²) in [5.74, 6) is 1.81. The van der Waals surface area contributed by atoms with E-state index in [1.54, 1.807) is 0 Å². The molecule has 0 spiro atoms. The maximum absolute atomic E-state index is 12.7. The van der Waals surface area contributed by atoms with E-state index < -0.39 is 0 Å². The van der Waals surface area contributed by atoms with Crippen LogP contribution in [0, 0.1) is 23.2 Å². The monoisotopic (exact) mass is 294 g/mol. The van der Waals surface area contributed by atoms with E-state index in [4.69, 9.17) is 4.74 Å².